The highest BCUT2D eigenvalue weighted by atomic mass is 16.4. The van der Waals surface area contributed by atoms with Crippen LogP contribution in [0.3, 0.4) is 0 Å². The van der Waals surface area contributed by atoms with Crippen LogP contribution in [0.1, 0.15) is 41.5 Å². The molecule has 0 aromatic carbocycles. The van der Waals surface area contributed by atoms with Crippen LogP contribution in [0.4, 0.5) is 0 Å². The van der Waals surface area contributed by atoms with Gasteiger partial charge in [0, 0.05) is 20.6 Å². The van der Waals surface area contributed by atoms with Gasteiger partial charge in [-0.3, -0.25) is 4.79 Å². The van der Waals surface area contributed by atoms with Gasteiger partial charge in [0.15, 0.2) is 0 Å². The number of aliphatic carboxylic acids is 1. The molecule has 0 rings (SSSR count). The van der Waals surface area contributed by atoms with Crippen LogP contribution in [-0.4, -0.2) is 35.0 Å². The number of hydrogen-bond acceptors (Lipinski definition) is 3. The van der Waals surface area contributed by atoms with Crippen molar-refractivity contribution in [3.8, 4) is 0 Å². The maximum absolute atomic E-state index is 9.00. The SMILES string of the molecule is C.C=C.CC.CC(=O)O.CCCO.CO. The van der Waals surface area contributed by atoms with Gasteiger partial charge in [0.2, 0.25) is 0 Å². The van der Waals surface area contributed by atoms with Crippen LogP contribution in [0.5, 0.6) is 0 Å². The molecule has 0 aliphatic rings. The standard InChI is InChI=1S/C3H8O.C2H4O2.C2H6.C2H4.CH4O.CH4/c1-2-3-4;1-2(3)4;3*1-2;/h4H,2-3H2,1H3;1H3,(H,3,4);1-2H3;1-2H2;2H,1H3;1H4. The van der Waals surface area contributed by atoms with Crippen molar-refractivity contribution >= 4 is 5.97 Å². The highest BCUT2D eigenvalue weighted by Crippen LogP contribution is 1.61. The van der Waals surface area contributed by atoms with Gasteiger partial charge in [0.25, 0.3) is 5.97 Å². The Morgan fingerprint density at radius 2 is 1.27 bits per heavy atom. The molecule has 0 saturated heterocycles. The molecule has 0 spiro atoms. The summed E-state index contributed by atoms with van der Waals surface area (Å²) in [5, 5.41) is 22.3. The Bertz CT molecular complexity index is 59.6. The number of aliphatic hydroxyl groups excluding tert-OH is 2. The number of carboxylic acid groups (broad SMARTS) is 1. The second kappa shape index (κ2) is 113. The van der Waals surface area contributed by atoms with Crippen LogP contribution < -0.4 is 0 Å². The molecule has 0 radical (unpaired) electrons. The molecule has 4 nitrogen and oxygen atoms in total. The van der Waals surface area contributed by atoms with E-state index in [-0.39, 0.29) is 7.43 Å². The second-order valence-electron chi connectivity index (χ2n) is 1.24. The zero-order chi connectivity index (χ0) is 13.0. The van der Waals surface area contributed by atoms with Gasteiger partial charge in [0.1, 0.15) is 0 Å². The Labute approximate surface area is 95.3 Å². The summed E-state index contributed by atoms with van der Waals surface area (Å²) in [7, 11) is 1.00. The molecule has 3 N–H and O–H groups in total. The van der Waals surface area contributed by atoms with Crippen molar-refractivity contribution in [2.75, 3.05) is 13.7 Å². The van der Waals surface area contributed by atoms with Gasteiger partial charge >= 0.3 is 0 Å². The van der Waals surface area contributed by atoms with E-state index in [0.29, 0.717) is 6.61 Å². The molecule has 0 aromatic heterocycles. The summed E-state index contributed by atoms with van der Waals surface area (Å²) in [4.78, 5) is 9.00. The van der Waals surface area contributed by atoms with Crippen LogP contribution in [0, 0.1) is 0 Å². The van der Waals surface area contributed by atoms with Crippen molar-refractivity contribution in [1.82, 2.24) is 0 Å². The van der Waals surface area contributed by atoms with Gasteiger partial charge in [-0.15, -0.1) is 13.2 Å². The van der Waals surface area contributed by atoms with Crippen molar-refractivity contribution in [1.29, 1.82) is 0 Å². The van der Waals surface area contributed by atoms with Crippen molar-refractivity contribution in [2.45, 2.75) is 41.5 Å². The zero-order valence-electron chi connectivity index (χ0n) is 10.1. The second-order valence-corrected chi connectivity index (χ2v) is 1.24. The molecular formula is C11H30O4. The van der Waals surface area contributed by atoms with E-state index in [1.54, 1.807) is 0 Å². The average molecular weight is 226 g/mol. The van der Waals surface area contributed by atoms with Crippen molar-refractivity contribution in [2.24, 2.45) is 0 Å². The van der Waals surface area contributed by atoms with Crippen LogP contribution in [0.2, 0.25) is 0 Å². The third-order valence-corrected chi connectivity index (χ3v) is 0.224. The molecular weight excluding hydrogens is 196 g/mol. The topological polar surface area (TPSA) is 77.8 Å². The van der Waals surface area contributed by atoms with Gasteiger partial charge in [-0.05, 0) is 6.42 Å². The first kappa shape index (κ1) is 36.9. The monoisotopic (exact) mass is 226 g/mol. The first-order valence-corrected chi connectivity index (χ1v) is 4.40. The molecule has 98 valence electrons. The summed E-state index contributed by atoms with van der Waals surface area (Å²) in [6, 6.07) is 0. The average Bonchev–Trinajstić information content (AvgIpc) is 2.25. The third-order valence-electron chi connectivity index (χ3n) is 0.224. The summed E-state index contributed by atoms with van der Waals surface area (Å²) in [5.41, 5.74) is 0. The van der Waals surface area contributed by atoms with Crippen LogP contribution in [0.25, 0.3) is 0 Å². The lowest BCUT2D eigenvalue weighted by Gasteiger charge is -1.69. The summed E-state index contributed by atoms with van der Waals surface area (Å²) in [6.07, 6.45) is 0.875. The molecule has 0 heterocycles. The molecule has 0 aliphatic carbocycles. The fourth-order valence-corrected chi connectivity index (χ4v) is 0. The quantitative estimate of drug-likeness (QED) is 0.600. The largest absolute Gasteiger partial charge is 0.481 e. The van der Waals surface area contributed by atoms with Crippen LogP contribution >= 0.6 is 0 Å². The van der Waals surface area contributed by atoms with Gasteiger partial charge in [-0.2, -0.15) is 0 Å². The molecule has 0 saturated carbocycles. The molecule has 0 unspecified atom stereocenters. The zero-order valence-corrected chi connectivity index (χ0v) is 10.1. The summed E-state index contributed by atoms with van der Waals surface area (Å²) < 4.78 is 0. The number of aliphatic hydroxyl groups is 2. The minimum Gasteiger partial charge on any atom is -0.481 e. The van der Waals surface area contributed by atoms with Crippen molar-refractivity contribution in [3.63, 3.8) is 0 Å². The predicted octanol–water partition coefficient (Wildman–Crippen LogP) is 2.55. The van der Waals surface area contributed by atoms with Gasteiger partial charge in [-0.25, -0.2) is 0 Å². The number of carbonyl (C=O) groups is 1. The highest BCUT2D eigenvalue weighted by molar-refractivity contribution is 5.62. The van der Waals surface area contributed by atoms with E-state index >= 15 is 0 Å². The van der Waals surface area contributed by atoms with Crippen LogP contribution in [-0.2, 0) is 4.79 Å². The Morgan fingerprint density at radius 3 is 1.27 bits per heavy atom. The van der Waals surface area contributed by atoms with E-state index < -0.39 is 5.97 Å². The van der Waals surface area contributed by atoms with E-state index in [9.17, 15) is 0 Å². The van der Waals surface area contributed by atoms with E-state index in [0.717, 1.165) is 20.5 Å². The van der Waals surface area contributed by atoms with Crippen LogP contribution in [0.15, 0.2) is 13.2 Å². The van der Waals surface area contributed by atoms with E-state index in [1.165, 1.54) is 0 Å². The lowest BCUT2D eigenvalue weighted by molar-refractivity contribution is -0.134. The Balaban J connectivity index is -0.0000000175. The lowest BCUT2D eigenvalue weighted by atomic mass is 10.5. The van der Waals surface area contributed by atoms with Gasteiger partial charge in [0.05, 0.1) is 0 Å². The van der Waals surface area contributed by atoms with Crippen molar-refractivity contribution < 1.29 is 20.1 Å². The van der Waals surface area contributed by atoms with Crippen molar-refractivity contribution in [3.05, 3.63) is 13.2 Å². The minimum atomic E-state index is -0.833. The number of carboxylic acids is 1. The smallest absolute Gasteiger partial charge is 0.300 e. The first-order valence-electron chi connectivity index (χ1n) is 4.40. The molecule has 15 heavy (non-hydrogen) atoms. The molecule has 0 fully saturated rings. The third kappa shape index (κ3) is 96200. The van der Waals surface area contributed by atoms with E-state index in [1.807, 2.05) is 20.8 Å². The lowest BCUT2D eigenvalue weighted by Crippen LogP contribution is -1.78. The van der Waals surface area contributed by atoms with Gasteiger partial charge in [-0.1, -0.05) is 28.2 Å². The minimum absolute atomic E-state index is 0. The summed E-state index contributed by atoms with van der Waals surface area (Å²) in [6.45, 7) is 13.3. The molecule has 0 atom stereocenters. The Kier molecular flexibility index (Phi) is 278. The first-order chi connectivity index (χ1) is 6.65. The van der Waals surface area contributed by atoms with E-state index in [4.69, 9.17) is 20.1 Å². The summed E-state index contributed by atoms with van der Waals surface area (Å²) in [5.74, 6) is -0.833. The highest BCUT2D eigenvalue weighted by Gasteiger charge is 1.65. The molecule has 0 bridgehead atoms. The Morgan fingerprint density at radius 1 is 1.20 bits per heavy atom. The van der Waals surface area contributed by atoms with E-state index in [2.05, 4.69) is 13.2 Å². The number of rotatable bonds is 1. The maximum atomic E-state index is 9.00. The molecule has 0 aromatic rings. The fraction of sp³-hybridized carbons (Fsp3) is 0.727. The molecule has 0 aliphatic heterocycles. The number of hydrogen-bond donors (Lipinski definition) is 3. The summed E-state index contributed by atoms with van der Waals surface area (Å²) >= 11 is 0. The Hall–Kier alpha value is -0.870. The molecule has 4 heteroatoms. The molecule has 0 amide bonds. The maximum Gasteiger partial charge on any atom is 0.300 e. The van der Waals surface area contributed by atoms with Gasteiger partial charge < -0.3 is 15.3 Å². The fourth-order valence-electron chi connectivity index (χ4n) is 0. The normalized spacial score (nSPS) is 4.73. The predicted molar refractivity (Wildman–Crippen MR) is 68.2 cm³/mol.